The second-order valence-electron chi connectivity index (χ2n) is 16.6. The molecule has 2 fully saturated rings. The topological polar surface area (TPSA) is 149 Å². The molecule has 2 unspecified atom stereocenters. The maximum Gasteiger partial charge on any atom is 0.307 e. The Morgan fingerprint density at radius 1 is 0.700 bits per heavy atom. The van der Waals surface area contributed by atoms with Gasteiger partial charge in [-0.25, -0.2) is 0 Å². The molecule has 8 atom stereocenters. The van der Waals surface area contributed by atoms with Crippen molar-refractivity contribution in [2.45, 2.75) is 89.5 Å². The summed E-state index contributed by atoms with van der Waals surface area (Å²) in [6.07, 6.45) is 14.4. The van der Waals surface area contributed by atoms with E-state index in [-0.39, 0.29) is 36.1 Å². The van der Waals surface area contributed by atoms with Crippen molar-refractivity contribution >= 4 is 23.2 Å². The summed E-state index contributed by atoms with van der Waals surface area (Å²) in [7, 11) is 0. The van der Waals surface area contributed by atoms with Gasteiger partial charge in [-0.3, -0.25) is 14.3 Å². The molecule has 2 aromatic heterocycles. The molecule has 2 saturated carbocycles. The molecule has 0 bridgehead atoms. The van der Waals surface area contributed by atoms with Crippen LogP contribution in [0.15, 0.2) is 140 Å². The highest BCUT2D eigenvalue weighted by molar-refractivity contribution is 5.93. The number of nitrogens with one attached hydrogen (secondary N) is 3. The highest BCUT2D eigenvalue weighted by Gasteiger charge is 2.32. The predicted octanol–water partition coefficient (Wildman–Crippen LogP) is 8.36. The molecule has 6 aromatic rings. The summed E-state index contributed by atoms with van der Waals surface area (Å²) in [4.78, 5) is 28.7. The summed E-state index contributed by atoms with van der Waals surface area (Å²) < 4.78 is 3.30. The van der Waals surface area contributed by atoms with Crippen LogP contribution in [0.5, 0.6) is 0 Å². The standard InChI is InChI=1S/C25H29N3O2.C24H28N4O2/c1-18(28-15-5-14-26-28)25(30)27-23-12-9-19(10-13-23)16-20-8-11-22(17-20)24(29)21-6-3-2-4-7-21;1-17(28-16-25-15-26-28)24(30)27-22-11-8-18(9-12-22)13-19-7-10-21(14-19)23(29)20-5-3-2-4-6-20/h2-7,9-10,12-15,18,20,22,24,29H,8,11,16-17H2,1H3,(H,27,30);2-6,8-9,11-12,15-17,19,21,23,29H,7,10,13-14H2,1H3,(H,27,30)/p+1/t18?,20-,22-,24+;17?,19-,21-,23+/m00/s1. The van der Waals surface area contributed by atoms with Crippen molar-refractivity contribution in [3.05, 3.63) is 163 Å². The Hall–Kier alpha value is -5.91. The fraction of sp³-hybridized carbons (Fsp3) is 0.367. The number of benzene rings is 4. The van der Waals surface area contributed by atoms with Gasteiger partial charge in [-0.15, -0.1) is 4.68 Å². The van der Waals surface area contributed by atoms with E-state index in [1.54, 1.807) is 34.4 Å². The fourth-order valence-electron chi connectivity index (χ4n) is 8.83. The Morgan fingerprint density at radius 2 is 1.20 bits per heavy atom. The summed E-state index contributed by atoms with van der Waals surface area (Å²) in [5, 5.41) is 34.3. The molecule has 8 rings (SSSR count). The number of aromatic nitrogens is 5. The van der Waals surface area contributed by atoms with Crippen molar-refractivity contribution in [3.63, 3.8) is 0 Å². The Balaban J connectivity index is 0.000000181. The van der Waals surface area contributed by atoms with E-state index in [4.69, 9.17) is 0 Å². The molecule has 0 aliphatic heterocycles. The van der Waals surface area contributed by atoms with Crippen LogP contribution in [0.25, 0.3) is 0 Å². The zero-order valence-electron chi connectivity index (χ0n) is 34.6. The lowest BCUT2D eigenvalue weighted by atomic mass is 9.91. The molecular weight excluding hydrogens is 751 g/mol. The fourth-order valence-corrected chi connectivity index (χ4v) is 8.83. The van der Waals surface area contributed by atoms with Crippen LogP contribution in [0, 0.1) is 23.7 Å². The van der Waals surface area contributed by atoms with Crippen LogP contribution in [-0.2, 0) is 22.4 Å². The van der Waals surface area contributed by atoms with Crippen LogP contribution in [-0.4, -0.2) is 41.9 Å². The van der Waals surface area contributed by atoms with Gasteiger partial charge in [0.25, 0.3) is 5.91 Å². The first-order valence-corrected chi connectivity index (χ1v) is 21.3. The highest BCUT2D eigenvalue weighted by Crippen LogP contribution is 2.41. The normalized spacial score (nSPS) is 20.6. The van der Waals surface area contributed by atoms with Gasteiger partial charge in [-0.2, -0.15) is 10.2 Å². The van der Waals surface area contributed by atoms with Crippen LogP contribution in [0.3, 0.4) is 0 Å². The van der Waals surface area contributed by atoms with Crippen molar-refractivity contribution in [2.24, 2.45) is 23.7 Å². The minimum atomic E-state index is -0.372. The number of carbonyl (C=O) groups excluding carboxylic acids is 2. The van der Waals surface area contributed by atoms with E-state index in [0.29, 0.717) is 23.7 Å². The number of anilines is 2. The first-order valence-electron chi connectivity index (χ1n) is 21.3. The number of H-pyrrole nitrogens is 1. The van der Waals surface area contributed by atoms with Gasteiger partial charge in [0.15, 0.2) is 6.04 Å². The second-order valence-corrected chi connectivity index (χ2v) is 16.6. The number of hydrogen-bond acceptors (Lipinski definition) is 6. The Morgan fingerprint density at radius 3 is 1.65 bits per heavy atom. The highest BCUT2D eigenvalue weighted by atomic mass is 16.3. The van der Waals surface area contributed by atoms with Gasteiger partial charge in [0.1, 0.15) is 6.04 Å². The lowest BCUT2D eigenvalue weighted by Gasteiger charge is -2.19. The number of nitrogens with zero attached hydrogens (tertiary/aromatic N) is 4. The smallest absolute Gasteiger partial charge is 0.307 e. The third-order valence-electron chi connectivity index (χ3n) is 12.4. The number of carbonyl (C=O) groups is 2. The molecule has 2 amide bonds. The molecule has 0 spiro atoms. The Labute approximate surface area is 352 Å². The summed E-state index contributed by atoms with van der Waals surface area (Å²) >= 11 is 0. The van der Waals surface area contributed by atoms with E-state index in [1.165, 1.54) is 11.1 Å². The van der Waals surface area contributed by atoms with E-state index in [9.17, 15) is 19.8 Å². The van der Waals surface area contributed by atoms with E-state index in [1.807, 2.05) is 105 Å². The summed E-state index contributed by atoms with van der Waals surface area (Å²) in [5.41, 5.74) is 6.17. The number of hydrogen-bond donors (Lipinski definition) is 5. The Kier molecular flexibility index (Phi) is 14.3. The molecule has 5 N–H and O–H groups in total. The van der Waals surface area contributed by atoms with Crippen LogP contribution in [0.4, 0.5) is 11.4 Å². The number of aliphatic hydroxyl groups is 2. The van der Waals surface area contributed by atoms with Crippen LogP contribution < -0.4 is 15.3 Å². The number of aromatic amines is 1. The maximum absolute atomic E-state index is 12.4. The van der Waals surface area contributed by atoms with Crippen LogP contribution in [0.2, 0.25) is 0 Å². The molecule has 11 heteroatoms. The number of aliphatic hydroxyl groups excluding tert-OH is 2. The summed E-state index contributed by atoms with van der Waals surface area (Å²) in [6, 6.07) is 37.3. The van der Waals surface area contributed by atoms with Gasteiger partial charge in [0, 0.05) is 23.8 Å². The summed E-state index contributed by atoms with van der Waals surface area (Å²) in [5.74, 6) is 1.67. The third kappa shape index (κ3) is 11.2. The first-order chi connectivity index (χ1) is 29.2. The largest absolute Gasteiger partial charge is 0.388 e. The molecule has 4 aromatic carbocycles. The Bertz CT molecular complexity index is 2040. The SMILES string of the molecule is CC(C(=O)Nc1ccc(C[C@@H]2CC[C@H]([C@H](O)c3ccccc3)C2)cc1)[n+]1cnc[nH]1.CC(C(=O)Nc1ccc(C[C@@H]2CC[C@H]([C@H](O)c3ccccc3)C2)cc1)n1cccn1. The molecule has 312 valence electrons. The predicted molar refractivity (Wildman–Crippen MR) is 232 cm³/mol. The van der Waals surface area contributed by atoms with Crippen molar-refractivity contribution in [1.29, 1.82) is 0 Å². The quantitative estimate of drug-likeness (QED) is 0.0699. The van der Waals surface area contributed by atoms with Gasteiger partial charge in [-0.1, -0.05) is 84.9 Å². The minimum Gasteiger partial charge on any atom is -0.388 e. The van der Waals surface area contributed by atoms with E-state index in [2.05, 4.69) is 50.1 Å². The number of amides is 2. The molecule has 2 aliphatic rings. The molecule has 11 nitrogen and oxygen atoms in total. The second kappa shape index (κ2) is 20.4. The van der Waals surface area contributed by atoms with Gasteiger partial charge in [0.2, 0.25) is 12.2 Å². The third-order valence-corrected chi connectivity index (χ3v) is 12.4. The van der Waals surface area contributed by atoms with Crippen molar-refractivity contribution in [1.82, 2.24) is 19.9 Å². The monoisotopic (exact) mass is 808 g/mol. The average Bonchev–Trinajstić information content (AvgIpc) is 4.15. The molecule has 60 heavy (non-hydrogen) atoms. The molecular formula is C49H58N7O4+. The van der Waals surface area contributed by atoms with Crippen LogP contribution >= 0.6 is 0 Å². The van der Waals surface area contributed by atoms with E-state index in [0.717, 1.165) is 73.9 Å². The first kappa shape index (κ1) is 42.2. The van der Waals surface area contributed by atoms with Crippen molar-refractivity contribution in [2.75, 3.05) is 10.6 Å². The van der Waals surface area contributed by atoms with E-state index < -0.39 is 0 Å². The molecule has 2 aliphatic carbocycles. The zero-order valence-corrected chi connectivity index (χ0v) is 34.6. The van der Waals surface area contributed by atoms with Gasteiger partial charge < -0.3 is 20.8 Å². The average molecular weight is 809 g/mol. The zero-order chi connectivity index (χ0) is 41.8. The van der Waals surface area contributed by atoms with E-state index >= 15 is 0 Å². The van der Waals surface area contributed by atoms with Gasteiger partial charge >= 0.3 is 6.33 Å². The summed E-state index contributed by atoms with van der Waals surface area (Å²) in [6.45, 7) is 3.65. The van der Waals surface area contributed by atoms with Crippen molar-refractivity contribution in [3.8, 4) is 0 Å². The van der Waals surface area contributed by atoms with Gasteiger partial charge in [0.05, 0.1) is 12.2 Å². The lowest BCUT2D eigenvalue weighted by Crippen LogP contribution is -2.45. The molecule has 0 saturated heterocycles. The molecule has 0 radical (unpaired) electrons. The van der Waals surface area contributed by atoms with Gasteiger partial charge in [-0.05, 0) is 146 Å². The van der Waals surface area contributed by atoms with Crippen LogP contribution in [0.1, 0.15) is 98.9 Å². The lowest BCUT2D eigenvalue weighted by molar-refractivity contribution is -0.759. The number of rotatable bonds is 14. The van der Waals surface area contributed by atoms with Crippen molar-refractivity contribution < 1.29 is 24.5 Å². The maximum atomic E-state index is 12.4. The molecule has 2 heterocycles. The minimum absolute atomic E-state index is 0.0833.